The summed E-state index contributed by atoms with van der Waals surface area (Å²) in [4.78, 5) is 22.0. The first-order chi connectivity index (χ1) is 22.5. The second-order valence-electron chi connectivity index (χ2n) is 13.6. The second kappa shape index (κ2) is 15.7. The number of rotatable bonds is 9. The van der Waals surface area contributed by atoms with Gasteiger partial charge in [-0.05, 0) is 58.8 Å². The van der Waals surface area contributed by atoms with Crippen LogP contribution in [0.15, 0.2) is 84.6 Å². The average Bonchev–Trinajstić information content (AvgIpc) is 3.31. The number of hydrogen-bond acceptors (Lipinski definition) is 4. The van der Waals surface area contributed by atoms with Crippen molar-refractivity contribution in [1.82, 2.24) is 9.97 Å². The fourth-order valence-electron chi connectivity index (χ4n) is 6.85. The monoisotopic (exact) mass is 818 g/mol. The smallest absolute Gasteiger partial charge is 0.162 e. The summed E-state index contributed by atoms with van der Waals surface area (Å²) in [6, 6.07) is 29.4. The van der Waals surface area contributed by atoms with Crippen LogP contribution in [0.5, 0.6) is 0 Å². The Hall–Kier alpha value is -3.66. The summed E-state index contributed by atoms with van der Waals surface area (Å²) in [5.74, 6) is 1.69. The molecule has 0 unspecified atom stereocenters. The van der Waals surface area contributed by atoms with E-state index in [1.165, 1.54) is 38.7 Å². The third-order valence-electron chi connectivity index (χ3n) is 9.90. The molecule has 0 saturated carbocycles. The van der Waals surface area contributed by atoms with E-state index in [0.29, 0.717) is 0 Å². The van der Waals surface area contributed by atoms with E-state index in [1.807, 2.05) is 27.7 Å². The van der Waals surface area contributed by atoms with E-state index in [2.05, 4.69) is 107 Å². The third kappa shape index (κ3) is 7.19. The Morgan fingerprint density at radius 1 is 0.812 bits per heavy atom. The fraction of sp³-hybridized carbons (Fsp3) is 0.372. The summed E-state index contributed by atoms with van der Waals surface area (Å²) < 4.78 is 0. The summed E-state index contributed by atoms with van der Waals surface area (Å²) in [7, 11) is 0. The molecule has 4 aromatic carbocycles. The zero-order valence-electron chi connectivity index (χ0n) is 29.6. The quantitative estimate of drug-likeness (QED) is 0.0914. The van der Waals surface area contributed by atoms with Gasteiger partial charge in [0.2, 0.25) is 0 Å². The Balaban J connectivity index is 0.000000279. The molecule has 253 valence electrons. The SMILES string of the molecule is CC(C)c1nc(-c2[c-]cc3ccccc3c2)c2c(n1)C(C)(C)c1ccc3ccccc3c1-2.CCC(CC)C(=O)/C=C(\O)C(CC)CC.[Ir]. The van der Waals surface area contributed by atoms with Crippen LogP contribution in [0.25, 0.3) is 43.9 Å². The zero-order chi connectivity index (χ0) is 33.9. The molecule has 0 aliphatic heterocycles. The minimum Gasteiger partial charge on any atom is -0.512 e. The van der Waals surface area contributed by atoms with Gasteiger partial charge in [-0.3, -0.25) is 9.78 Å². The van der Waals surface area contributed by atoms with Gasteiger partial charge in [0.1, 0.15) is 5.82 Å². The van der Waals surface area contributed by atoms with Gasteiger partial charge in [0, 0.05) is 49.4 Å². The van der Waals surface area contributed by atoms with Gasteiger partial charge in [0.15, 0.2) is 5.78 Å². The molecule has 1 aromatic heterocycles. The number of ketones is 1. The number of aliphatic hydroxyl groups is 1. The Morgan fingerprint density at radius 3 is 2.04 bits per heavy atom. The van der Waals surface area contributed by atoms with Crippen LogP contribution in [0.2, 0.25) is 0 Å². The summed E-state index contributed by atoms with van der Waals surface area (Å²) >= 11 is 0. The van der Waals surface area contributed by atoms with E-state index >= 15 is 0 Å². The van der Waals surface area contributed by atoms with E-state index in [9.17, 15) is 9.90 Å². The van der Waals surface area contributed by atoms with Crippen molar-refractivity contribution in [2.24, 2.45) is 11.8 Å². The van der Waals surface area contributed by atoms with Crippen molar-refractivity contribution in [1.29, 1.82) is 0 Å². The molecule has 1 aliphatic carbocycles. The molecular formula is C43H49IrN2O2-. The molecule has 5 aromatic rings. The zero-order valence-corrected chi connectivity index (χ0v) is 32.0. The number of aliphatic hydroxyl groups excluding tert-OH is 1. The number of carbonyl (C=O) groups is 1. The van der Waals surface area contributed by atoms with Gasteiger partial charge >= 0.3 is 0 Å². The molecule has 1 radical (unpaired) electrons. The van der Waals surface area contributed by atoms with Gasteiger partial charge in [-0.1, -0.05) is 121 Å². The molecule has 0 amide bonds. The van der Waals surface area contributed by atoms with Crippen molar-refractivity contribution in [3.63, 3.8) is 0 Å². The van der Waals surface area contributed by atoms with Crippen LogP contribution in [0.4, 0.5) is 0 Å². The van der Waals surface area contributed by atoms with E-state index < -0.39 is 0 Å². The maximum Gasteiger partial charge on any atom is 0.162 e. The molecule has 1 N–H and O–H groups in total. The van der Waals surface area contributed by atoms with Crippen LogP contribution in [0.1, 0.15) is 104 Å². The van der Waals surface area contributed by atoms with E-state index in [-0.39, 0.29) is 54.8 Å². The standard InChI is InChI=1S/C30H25N2.C13H24O2.Ir/c1-18(2)29-31-27(22-14-13-19-9-5-6-11-21(19)17-22)26-25-23-12-8-7-10-20(23)15-16-24(25)30(3,4)28(26)32-29;1-5-10(6-2)12(14)9-13(15)11(7-3)8-4;/h5-13,15-18H,1-4H3;9-11,14H,5-8H2,1-4H3;/q-1;;/b;12-9-;. The molecule has 1 aliphatic rings. The number of hydrogen-bond donors (Lipinski definition) is 1. The van der Waals surface area contributed by atoms with E-state index in [4.69, 9.17) is 9.97 Å². The van der Waals surface area contributed by atoms with Gasteiger partial charge in [0.05, 0.1) is 11.5 Å². The minimum atomic E-state index is -0.188. The third-order valence-corrected chi connectivity index (χ3v) is 9.90. The topological polar surface area (TPSA) is 63.1 Å². The van der Waals surface area contributed by atoms with Crippen LogP contribution in [-0.2, 0) is 30.3 Å². The van der Waals surface area contributed by atoms with Crippen LogP contribution >= 0.6 is 0 Å². The number of aromatic nitrogens is 2. The number of allylic oxidation sites excluding steroid dienone is 2. The van der Waals surface area contributed by atoms with E-state index in [0.717, 1.165) is 54.0 Å². The van der Waals surface area contributed by atoms with Crippen molar-refractivity contribution < 1.29 is 30.0 Å². The minimum absolute atomic E-state index is 0. The van der Waals surface area contributed by atoms with Gasteiger partial charge in [0.25, 0.3) is 0 Å². The molecule has 0 bridgehead atoms. The van der Waals surface area contributed by atoms with Crippen LogP contribution < -0.4 is 0 Å². The number of benzene rings is 4. The number of nitrogens with zero attached hydrogens (tertiary/aromatic N) is 2. The maximum absolute atomic E-state index is 11.7. The predicted octanol–water partition coefficient (Wildman–Crippen LogP) is 11.5. The van der Waals surface area contributed by atoms with Gasteiger partial charge in [-0.25, -0.2) is 4.98 Å². The Bertz CT molecular complexity index is 1930. The first-order valence-electron chi connectivity index (χ1n) is 17.4. The Labute approximate surface area is 300 Å². The molecule has 0 saturated heterocycles. The first-order valence-corrected chi connectivity index (χ1v) is 17.4. The van der Waals surface area contributed by atoms with Crippen molar-refractivity contribution >= 4 is 27.3 Å². The summed E-state index contributed by atoms with van der Waals surface area (Å²) in [5, 5.41) is 14.7. The largest absolute Gasteiger partial charge is 0.512 e. The molecule has 0 spiro atoms. The predicted molar refractivity (Wildman–Crippen MR) is 197 cm³/mol. The molecule has 0 fully saturated rings. The van der Waals surface area contributed by atoms with E-state index in [1.54, 1.807) is 0 Å². The van der Waals surface area contributed by atoms with Crippen molar-refractivity contribution in [3.05, 3.63) is 108 Å². The Morgan fingerprint density at radius 2 is 1.42 bits per heavy atom. The first kappa shape index (κ1) is 37.2. The van der Waals surface area contributed by atoms with Crippen molar-refractivity contribution in [3.8, 4) is 22.4 Å². The Kier molecular flexibility index (Phi) is 12.2. The molecule has 5 heteroatoms. The van der Waals surface area contributed by atoms with Crippen molar-refractivity contribution in [2.45, 2.75) is 92.4 Å². The second-order valence-corrected chi connectivity index (χ2v) is 13.6. The molecular weight excluding hydrogens is 769 g/mol. The fourth-order valence-corrected chi connectivity index (χ4v) is 6.85. The molecule has 0 atom stereocenters. The number of fused-ring (bicyclic) bond motifs is 6. The summed E-state index contributed by atoms with van der Waals surface area (Å²) in [5.41, 5.74) is 6.72. The molecule has 6 rings (SSSR count). The van der Waals surface area contributed by atoms with Gasteiger partial charge in [-0.2, -0.15) is 0 Å². The van der Waals surface area contributed by atoms with Crippen molar-refractivity contribution in [2.75, 3.05) is 0 Å². The van der Waals surface area contributed by atoms with Crippen LogP contribution in [0.3, 0.4) is 0 Å². The van der Waals surface area contributed by atoms with Crippen LogP contribution in [0, 0.1) is 17.9 Å². The maximum atomic E-state index is 11.7. The molecule has 4 nitrogen and oxygen atoms in total. The number of carbonyl (C=O) groups excluding carboxylic acids is 1. The average molecular weight is 818 g/mol. The summed E-state index contributed by atoms with van der Waals surface area (Å²) in [6.45, 7) is 17.0. The molecule has 48 heavy (non-hydrogen) atoms. The van der Waals surface area contributed by atoms with Gasteiger partial charge in [-0.15, -0.1) is 29.1 Å². The molecule has 1 heterocycles. The van der Waals surface area contributed by atoms with Gasteiger partial charge < -0.3 is 5.11 Å². The summed E-state index contributed by atoms with van der Waals surface area (Å²) in [6.07, 6.45) is 4.91. The van der Waals surface area contributed by atoms with Crippen LogP contribution in [-0.4, -0.2) is 20.9 Å². The normalized spacial score (nSPS) is 13.4.